The monoisotopic (exact) mass is 419 g/mol. The summed E-state index contributed by atoms with van der Waals surface area (Å²) in [6.07, 6.45) is 16.0. The molecule has 5 nitrogen and oxygen atoms in total. The average molecular weight is 420 g/mol. The number of piperidine rings is 1. The molecule has 0 spiro atoms. The Morgan fingerprint density at radius 1 is 1.07 bits per heavy atom. The van der Waals surface area contributed by atoms with Crippen molar-refractivity contribution in [1.29, 1.82) is 0 Å². The van der Waals surface area contributed by atoms with Crippen LogP contribution in [0.2, 0.25) is 0 Å². The van der Waals surface area contributed by atoms with Crippen LogP contribution in [0.1, 0.15) is 82.1 Å². The normalized spacial score (nSPS) is 25.6. The lowest BCUT2D eigenvalue weighted by molar-refractivity contribution is -0.148. The van der Waals surface area contributed by atoms with E-state index in [0.717, 1.165) is 57.5 Å². The Morgan fingerprint density at radius 2 is 1.72 bits per heavy atom. The van der Waals surface area contributed by atoms with E-state index >= 15 is 0 Å². The maximum Gasteiger partial charge on any atom is 0.259 e. The van der Waals surface area contributed by atoms with Crippen molar-refractivity contribution < 1.29 is 9.90 Å². The zero-order chi connectivity index (χ0) is 20.1. The predicted molar refractivity (Wildman–Crippen MR) is 117 cm³/mol. The van der Waals surface area contributed by atoms with Crippen LogP contribution in [0.3, 0.4) is 0 Å². The fourth-order valence-electron chi connectivity index (χ4n) is 5.68. The molecule has 29 heavy (non-hydrogen) atoms. The lowest BCUT2D eigenvalue weighted by Crippen LogP contribution is -2.54. The number of thiazole rings is 1. The first-order chi connectivity index (χ1) is 14.2. The molecule has 2 heterocycles. The third kappa shape index (κ3) is 5.02. The zero-order valence-electron chi connectivity index (χ0n) is 17.7. The van der Waals surface area contributed by atoms with Crippen molar-refractivity contribution in [2.24, 2.45) is 11.8 Å². The van der Waals surface area contributed by atoms with Crippen LogP contribution in [0.4, 0.5) is 0 Å². The summed E-state index contributed by atoms with van der Waals surface area (Å²) in [5, 5.41) is 17.1. The number of hydrogen-bond acceptors (Lipinski definition) is 5. The molecule has 1 aliphatic heterocycles. The number of likely N-dealkylation sites (tertiary alicyclic amines) is 1. The number of rotatable bonds is 6. The fourth-order valence-corrected chi connectivity index (χ4v) is 6.49. The molecule has 6 heteroatoms. The second kappa shape index (κ2) is 9.88. The van der Waals surface area contributed by atoms with Gasteiger partial charge in [0.05, 0.1) is 0 Å². The quantitative estimate of drug-likeness (QED) is 0.682. The summed E-state index contributed by atoms with van der Waals surface area (Å²) < 4.78 is 0. The Balaban J connectivity index is 1.31. The van der Waals surface area contributed by atoms with Gasteiger partial charge < -0.3 is 15.3 Å². The van der Waals surface area contributed by atoms with E-state index < -0.39 is 5.60 Å². The van der Waals surface area contributed by atoms with Crippen LogP contribution in [0.15, 0.2) is 11.6 Å². The number of carbonyl (C=O) groups excluding carboxylic acids is 1. The van der Waals surface area contributed by atoms with Gasteiger partial charge in [-0.3, -0.25) is 4.79 Å². The first kappa shape index (κ1) is 21.3. The van der Waals surface area contributed by atoms with Gasteiger partial charge >= 0.3 is 0 Å². The molecule has 0 bridgehead atoms. The average Bonchev–Trinajstić information content (AvgIpc) is 3.41. The highest BCUT2D eigenvalue weighted by Crippen LogP contribution is 2.41. The number of carbonyl (C=O) groups is 1. The number of aliphatic hydroxyl groups is 1. The van der Waals surface area contributed by atoms with E-state index in [1.165, 1.54) is 56.4 Å². The van der Waals surface area contributed by atoms with Crippen LogP contribution in [-0.4, -0.2) is 46.6 Å². The van der Waals surface area contributed by atoms with E-state index in [0.29, 0.717) is 5.01 Å². The molecule has 2 aliphatic carbocycles. The van der Waals surface area contributed by atoms with Gasteiger partial charge in [-0.05, 0) is 44.4 Å². The van der Waals surface area contributed by atoms with Gasteiger partial charge in [-0.1, -0.05) is 38.5 Å². The highest BCUT2D eigenvalue weighted by Gasteiger charge is 2.49. The molecular formula is C23H37N3O2S. The molecule has 3 aliphatic rings. The van der Waals surface area contributed by atoms with Crippen molar-refractivity contribution in [3.05, 3.63) is 16.6 Å². The zero-order valence-corrected chi connectivity index (χ0v) is 18.5. The van der Waals surface area contributed by atoms with Gasteiger partial charge in [0, 0.05) is 43.2 Å². The van der Waals surface area contributed by atoms with E-state index in [4.69, 9.17) is 0 Å². The highest BCUT2D eigenvalue weighted by atomic mass is 32.1. The maximum atomic E-state index is 13.2. The van der Waals surface area contributed by atoms with Crippen molar-refractivity contribution in [1.82, 2.24) is 15.2 Å². The van der Waals surface area contributed by atoms with Gasteiger partial charge in [0.15, 0.2) is 5.60 Å². The van der Waals surface area contributed by atoms with Gasteiger partial charge in [-0.15, -0.1) is 11.3 Å². The van der Waals surface area contributed by atoms with E-state index in [1.54, 1.807) is 6.20 Å². The number of hydrogen-bond donors (Lipinski definition) is 2. The fraction of sp³-hybridized carbons (Fsp3) is 0.826. The summed E-state index contributed by atoms with van der Waals surface area (Å²) >= 11 is 1.40. The summed E-state index contributed by atoms with van der Waals surface area (Å²) in [4.78, 5) is 20.2. The molecule has 162 valence electrons. The Labute approximate surface area is 179 Å². The minimum absolute atomic E-state index is 0.0102. The molecule has 2 N–H and O–H groups in total. The highest BCUT2D eigenvalue weighted by molar-refractivity contribution is 7.09. The van der Waals surface area contributed by atoms with Crippen molar-refractivity contribution in [2.45, 2.75) is 88.7 Å². The topological polar surface area (TPSA) is 65.5 Å². The van der Waals surface area contributed by atoms with Crippen molar-refractivity contribution >= 4 is 17.2 Å². The van der Waals surface area contributed by atoms with Crippen LogP contribution in [0, 0.1) is 11.8 Å². The molecule has 1 aromatic heterocycles. The number of nitrogens with one attached hydrogen (secondary N) is 1. The van der Waals surface area contributed by atoms with Gasteiger partial charge in [0.2, 0.25) is 0 Å². The van der Waals surface area contributed by atoms with E-state index in [9.17, 15) is 9.90 Å². The number of amides is 1. The maximum absolute atomic E-state index is 13.2. The van der Waals surface area contributed by atoms with Gasteiger partial charge in [-0.2, -0.15) is 0 Å². The number of aromatic nitrogens is 1. The molecule has 1 saturated heterocycles. The second-order valence-corrected chi connectivity index (χ2v) is 10.4. The van der Waals surface area contributed by atoms with Crippen molar-refractivity contribution in [3.63, 3.8) is 0 Å². The third-order valence-electron chi connectivity index (χ3n) is 7.46. The van der Waals surface area contributed by atoms with Crippen LogP contribution in [0.5, 0.6) is 0 Å². The first-order valence-corrected chi connectivity index (χ1v) is 12.7. The number of nitrogens with zero attached hydrogens (tertiary/aromatic N) is 2. The lowest BCUT2D eigenvalue weighted by atomic mass is 9.85. The van der Waals surface area contributed by atoms with E-state index in [1.807, 2.05) is 5.38 Å². The standard InChI is InChI=1S/C23H37N3O2S/c27-21(23(28,19-9-5-6-10-19)22-24-13-16-29-22)25-20-11-14-26(15-12-20)17-18-7-3-1-2-4-8-18/h13,16,18-20,28H,1-12,14-15,17H2,(H,25,27). The summed E-state index contributed by atoms with van der Waals surface area (Å²) in [6, 6.07) is 0.167. The van der Waals surface area contributed by atoms with E-state index in [-0.39, 0.29) is 17.9 Å². The van der Waals surface area contributed by atoms with Crippen molar-refractivity contribution in [2.75, 3.05) is 19.6 Å². The van der Waals surface area contributed by atoms with Gasteiger partial charge in [0.1, 0.15) is 5.01 Å². The smallest absolute Gasteiger partial charge is 0.259 e. The Kier molecular flexibility index (Phi) is 7.25. The summed E-state index contributed by atoms with van der Waals surface area (Å²) in [7, 11) is 0. The van der Waals surface area contributed by atoms with E-state index in [2.05, 4.69) is 15.2 Å². The summed E-state index contributed by atoms with van der Waals surface area (Å²) in [5.41, 5.74) is -1.46. The molecular weight excluding hydrogens is 382 g/mol. The molecule has 1 amide bonds. The van der Waals surface area contributed by atoms with Crippen LogP contribution in [0.25, 0.3) is 0 Å². The SMILES string of the molecule is O=C(NC1CCN(CC2CCCCCC2)CC1)C(O)(c1nccs1)C1CCCC1. The Bertz CT molecular complexity index is 631. The molecule has 4 rings (SSSR count). The van der Waals surface area contributed by atoms with Crippen LogP contribution < -0.4 is 5.32 Å². The largest absolute Gasteiger partial charge is 0.373 e. The van der Waals surface area contributed by atoms with Crippen LogP contribution >= 0.6 is 11.3 Å². The summed E-state index contributed by atoms with van der Waals surface area (Å²) in [5.74, 6) is 0.631. The minimum Gasteiger partial charge on any atom is -0.373 e. The predicted octanol–water partition coefficient (Wildman–Crippen LogP) is 4.07. The third-order valence-corrected chi connectivity index (χ3v) is 8.36. The Hall–Kier alpha value is -0.980. The first-order valence-electron chi connectivity index (χ1n) is 11.8. The molecule has 1 atom stereocenters. The van der Waals surface area contributed by atoms with Crippen LogP contribution in [-0.2, 0) is 10.4 Å². The molecule has 3 fully saturated rings. The molecule has 1 aromatic rings. The minimum atomic E-state index is -1.46. The molecule has 0 aromatic carbocycles. The molecule has 1 unspecified atom stereocenters. The summed E-state index contributed by atoms with van der Waals surface area (Å²) in [6.45, 7) is 3.34. The Morgan fingerprint density at radius 3 is 2.34 bits per heavy atom. The van der Waals surface area contributed by atoms with Gasteiger partial charge in [0.25, 0.3) is 5.91 Å². The second-order valence-electron chi connectivity index (χ2n) is 9.49. The molecule has 0 radical (unpaired) electrons. The van der Waals surface area contributed by atoms with Gasteiger partial charge in [-0.25, -0.2) is 4.98 Å². The van der Waals surface area contributed by atoms with Crippen molar-refractivity contribution in [3.8, 4) is 0 Å². The lowest BCUT2D eigenvalue weighted by Gasteiger charge is -2.37. The molecule has 2 saturated carbocycles.